The lowest BCUT2D eigenvalue weighted by molar-refractivity contribution is 0.0755. The van der Waals surface area contributed by atoms with Crippen molar-refractivity contribution in [1.29, 1.82) is 0 Å². The Morgan fingerprint density at radius 2 is 1.67 bits per heavy atom. The lowest BCUT2D eigenvalue weighted by atomic mass is 10.1. The molecule has 110 valence electrons. The molecule has 1 aromatic heterocycles. The zero-order chi connectivity index (χ0) is 15.1. The zero-order valence-corrected chi connectivity index (χ0v) is 12.7. The van der Waals surface area contributed by atoms with Crippen LogP contribution in [0.1, 0.15) is 37.0 Å². The van der Waals surface area contributed by atoms with Gasteiger partial charge in [0.05, 0.1) is 0 Å². The number of benzene rings is 1. The molecule has 2 aromatic rings. The summed E-state index contributed by atoms with van der Waals surface area (Å²) in [6.45, 7) is 5.83. The maximum atomic E-state index is 12.5. The molecule has 1 amide bonds. The van der Waals surface area contributed by atoms with Crippen molar-refractivity contribution in [2.45, 2.75) is 26.7 Å². The van der Waals surface area contributed by atoms with Gasteiger partial charge in [-0.2, -0.15) is 0 Å². The van der Waals surface area contributed by atoms with Gasteiger partial charge in [-0.1, -0.05) is 32.0 Å². The van der Waals surface area contributed by atoms with Gasteiger partial charge in [-0.15, -0.1) is 0 Å². The molecule has 0 N–H and O–H groups in total. The van der Waals surface area contributed by atoms with Crippen molar-refractivity contribution in [2.24, 2.45) is 0 Å². The van der Waals surface area contributed by atoms with E-state index in [2.05, 4.69) is 18.8 Å². The SMILES string of the molecule is CCCN(CCC)C(=O)c1ccc(-c2cccnc2)cc1. The standard InChI is InChI=1S/C18H22N2O/c1-3-12-20(13-4-2)18(21)16-9-7-15(8-10-16)17-6-5-11-19-14-17/h5-11,14H,3-4,12-13H2,1-2H3. The second-order valence-corrected chi connectivity index (χ2v) is 5.11. The van der Waals surface area contributed by atoms with E-state index >= 15 is 0 Å². The average Bonchev–Trinajstić information content (AvgIpc) is 2.55. The predicted molar refractivity (Wildman–Crippen MR) is 86.2 cm³/mol. The molecule has 0 radical (unpaired) electrons. The van der Waals surface area contributed by atoms with Crippen molar-refractivity contribution >= 4 is 5.91 Å². The largest absolute Gasteiger partial charge is 0.339 e. The molecule has 0 aliphatic carbocycles. The highest BCUT2D eigenvalue weighted by Gasteiger charge is 2.13. The summed E-state index contributed by atoms with van der Waals surface area (Å²) >= 11 is 0. The van der Waals surface area contributed by atoms with Crippen molar-refractivity contribution in [3.05, 3.63) is 54.4 Å². The summed E-state index contributed by atoms with van der Waals surface area (Å²) in [5.74, 6) is 0.122. The molecule has 1 heterocycles. The Hall–Kier alpha value is -2.16. The van der Waals surface area contributed by atoms with Gasteiger partial charge in [0.1, 0.15) is 0 Å². The van der Waals surface area contributed by atoms with Crippen LogP contribution in [-0.2, 0) is 0 Å². The van der Waals surface area contributed by atoms with Gasteiger partial charge in [0.2, 0.25) is 0 Å². The third-order valence-electron chi connectivity index (χ3n) is 3.40. The van der Waals surface area contributed by atoms with E-state index in [4.69, 9.17) is 0 Å². The number of nitrogens with zero attached hydrogens (tertiary/aromatic N) is 2. The molecule has 0 fully saturated rings. The molecule has 0 aliphatic heterocycles. The highest BCUT2D eigenvalue weighted by molar-refractivity contribution is 5.94. The Kier molecular flexibility index (Phi) is 5.50. The van der Waals surface area contributed by atoms with Crippen molar-refractivity contribution in [3.63, 3.8) is 0 Å². The van der Waals surface area contributed by atoms with Gasteiger partial charge >= 0.3 is 0 Å². The average molecular weight is 282 g/mol. The highest BCUT2D eigenvalue weighted by atomic mass is 16.2. The Morgan fingerprint density at radius 1 is 1.00 bits per heavy atom. The number of rotatable bonds is 6. The van der Waals surface area contributed by atoms with Crippen LogP contribution >= 0.6 is 0 Å². The number of hydrogen-bond acceptors (Lipinski definition) is 2. The summed E-state index contributed by atoms with van der Waals surface area (Å²) in [6, 6.07) is 11.7. The first-order valence-corrected chi connectivity index (χ1v) is 7.56. The quantitative estimate of drug-likeness (QED) is 0.802. The fourth-order valence-electron chi connectivity index (χ4n) is 2.38. The van der Waals surface area contributed by atoms with Gasteiger partial charge < -0.3 is 4.90 Å². The van der Waals surface area contributed by atoms with E-state index in [0.717, 1.165) is 42.6 Å². The van der Waals surface area contributed by atoms with Crippen LogP contribution in [0.25, 0.3) is 11.1 Å². The molecule has 0 saturated carbocycles. The Morgan fingerprint density at radius 3 is 2.19 bits per heavy atom. The molecule has 0 aliphatic rings. The van der Waals surface area contributed by atoms with E-state index < -0.39 is 0 Å². The summed E-state index contributed by atoms with van der Waals surface area (Å²) in [7, 11) is 0. The summed E-state index contributed by atoms with van der Waals surface area (Å²) in [5, 5.41) is 0. The first kappa shape index (κ1) is 15.2. The van der Waals surface area contributed by atoms with Crippen molar-refractivity contribution in [3.8, 4) is 11.1 Å². The topological polar surface area (TPSA) is 33.2 Å². The van der Waals surface area contributed by atoms with Gasteiger partial charge in [-0.3, -0.25) is 9.78 Å². The normalized spacial score (nSPS) is 10.4. The molecule has 3 nitrogen and oxygen atoms in total. The Bertz CT molecular complexity index is 558. The van der Waals surface area contributed by atoms with E-state index in [1.807, 2.05) is 47.5 Å². The number of amides is 1. The van der Waals surface area contributed by atoms with Crippen LogP contribution in [0.3, 0.4) is 0 Å². The Balaban J connectivity index is 2.16. The molecule has 1 aromatic carbocycles. The predicted octanol–water partition coefficient (Wildman–Crippen LogP) is 4.01. The molecule has 0 atom stereocenters. The van der Waals surface area contributed by atoms with Crippen molar-refractivity contribution in [2.75, 3.05) is 13.1 Å². The summed E-state index contributed by atoms with van der Waals surface area (Å²) in [4.78, 5) is 18.5. The van der Waals surface area contributed by atoms with Crippen LogP contribution in [-0.4, -0.2) is 28.9 Å². The molecular formula is C18H22N2O. The third kappa shape index (κ3) is 3.91. The first-order valence-electron chi connectivity index (χ1n) is 7.56. The van der Waals surface area contributed by atoms with Gasteiger partial charge in [-0.05, 0) is 42.2 Å². The van der Waals surface area contributed by atoms with Gasteiger partial charge in [0.25, 0.3) is 5.91 Å². The van der Waals surface area contributed by atoms with Crippen LogP contribution < -0.4 is 0 Å². The molecule has 21 heavy (non-hydrogen) atoms. The minimum absolute atomic E-state index is 0.122. The fourth-order valence-corrected chi connectivity index (χ4v) is 2.38. The zero-order valence-electron chi connectivity index (χ0n) is 12.7. The lowest BCUT2D eigenvalue weighted by Crippen LogP contribution is -2.32. The fraction of sp³-hybridized carbons (Fsp3) is 0.333. The molecule has 3 heteroatoms. The first-order chi connectivity index (χ1) is 10.3. The molecule has 2 rings (SSSR count). The number of carbonyl (C=O) groups excluding carboxylic acids is 1. The summed E-state index contributed by atoms with van der Waals surface area (Å²) in [5.41, 5.74) is 2.90. The smallest absolute Gasteiger partial charge is 0.253 e. The van der Waals surface area contributed by atoms with E-state index in [0.29, 0.717) is 0 Å². The maximum absolute atomic E-state index is 12.5. The maximum Gasteiger partial charge on any atom is 0.253 e. The monoisotopic (exact) mass is 282 g/mol. The minimum atomic E-state index is 0.122. The van der Waals surface area contributed by atoms with Gasteiger partial charge in [-0.25, -0.2) is 0 Å². The molecule has 0 unspecified atom stereocenters. The summed E-state index contributed by atoms with van der Waals surface area (Å²) < 4.78 is 0. The van der Waals surface area contributed by atoms with Crippen LogP contribution in [0.2, 0.25) is 0 Å². The summed E-state index contributed by atoms with van der Waals surface area (Å²) in [6.07, 6.45) is 5.56. The van der Waals surface area contributed by atoms with E-state index in [1.54, 1.807) is 6.20 Å². The molecule has 0 spiro atoms. The Labute approximate surface area is 126 Å². The minimum Gasteiger partial charge on any atom is -0.339 e. The third-order valence-corrected chi connectivity index (χ3v) is 3.40. The van der Waals surface area contributed by atoms with Crippen molar-refractivity contribution in [1.82, 2.24) is 9.88 Å². The van der Waals surface area contributed by atoms with E-state index in [9.17, 15) is 4.79 Å². The number of carbonyl (C=O) groups is 1. The molecular weight excluding hydrogens is 260 g/mol. The van der Waals surface area contributed by atoms with Gasteiger partial charge in [0, 0.05) is 31.0 Å². The van der Waals surface area contributed by atoms with Crippen LogP contribution in [0, 0.1) is 0 Å². The second-order valence-electron chi connectivity index (χ2n) is 5.11. The number of hydrogen-bond donors (Lipinski definition) is 0. The van der Waals surface area contributed by atoms with E-state index in [1.165, 1.54) is 0 Å². The van der Waals surface area contributed by atoms with Crippen LogP contribution in [0.15, 0.2) is 48.8 Å². The van der Waals surface area contributed by atoms with Gasteiger partial charge in [0.15, 0.2) is 0 Å². The highest BCUT2D eigenvalue weighted by Crippen LogP contribution is 2.19. The van der Waals surface area contributed by atoms with Crippen molar-refractivity contribution < 1.29 is 4.79 Å². The number of aromatic nitrogens is 1. The van der Waals surface area contributed by atoms with Crippen LogP contribution in [0.4, 0.5) is 0 Å². The van der Waals surface area contributed by atoms with E-state index in [-0.39, 0.29) is 5.91 Å². The molecule has 0 saturated heterocycles. The molecule has 0 bridgehead atoms. The lowest BCUT2D eigenvalue weighted by Gasteiger charge is -2.21. The number of pyridine rings is 1. The van der Waals surface area contributed by atoms with Crippen LogP contribution in [0.5, 0.6) is 0 Å². The second kappa shape index (κ2) is 7.58.